The molecule has 5 atom stereocenters. The summed E-state index contributed by atoms with van der Waals surface area (Å²) in [5, 5.41) is 28.4. The minimum absolute atomic E-state index is 0.0531. The molecule has 1 aromatic heterocycles. The number of aromatic nitrogens is 1. The molecule has 5 amide bonds. The van der Waals surface area contributed by atoms with Crippen molar-refractivity contribution in [3.05, 3.63) is 126 Å². The van der Waals surface area contributed by atoms with Crippen LogP contribution in [0.5, 0.6) is 0 Å². The Bertz CT molecular complexity index is 2000. The number of urea groups is 1. The predicted octanol–water partition coefficient (Wildman–Crippen LogP) is 6.63. The Balaban J connectivity index is 1.42. The van der Waals surface area contributed by atoms with E-state index in [0.717, 1.165) is 32.8 Å². The van der Waals surface area contributed by atoms with Crippen molar-refractivity contribution in [1.29, 1.82) is 0 Å². The average molecular weight is 805 g/mol. The zero-order valence-corrected chi connectivity index (χ0v) is 35.3. The smallest absolute Gasteiger partial charge is 0.407 e. The molecule has 4 N–H and O–H groups in total. The number of pyridine rings is 1. The summed E-state index contributed by atoms with van der Waals surface area (Å²) in [7, 11) is 1.36. The highest BCUT2D eigenvalue weighted by Crippen LogP contribution is 2.30. The van der Waals surface area contributed by atoms with Gasteiger partial charge in [0.2, 0.25) is 11.8 Å². The van der Waals surface area contributed by atoms with Crippen LogP contribution in [-0.4, -0.2) is 104 Å². The van der Waals surface area contributed by atoms with Gasteiger partial charge in [0.1, 0.15) is 12.1 Å². The Labute approximate surface area is 348 Å². The summed E-state index contributed by atoms with van der Waals surface area (Å²) in [6.07, 6.45) is -0.0527. The van der Waals surface area contributed by atoms with Crippen LogP contribution in [0.3, 0.4) is 0 Å². The molecular weight excluding hydrogens is 745 g/mol. The van der Waals surface area contributed by atoms with Crippen molar-refractivity contribution in [3.8, 4) is 11.3 Å². The van der Waals surface area contributed by atoms with Crippen LogP contribution < -0.4 is 10.6 Å². The Morgan fingerprint density at radius 1 is 0.746 bits per heavy atom. The molecule has 59 heavy (non-hydrogen) atoms. The van der Waals surface area contributed by atoms with E-state index in [1.807, 2.05) is 124 Å². The fraction of sp³-hybridized carbons (Fsp3) is 0.426. The predicted molar refractivity (Wildman–Crippen MR) is 229 cm³/mol. The third-order valence-electron chi connectivity index (χ3n) is 10.8. The number of aliphatic hydroxyl groups is 1. The van der Waals surface area contributed by atoms with Gasteiger partial charge in [-0.15, -0.1) is 0 Å². The highest BCUT2D eigenvalue weighted by molar-refractivity contribution is 5.89. The zero-order valence-electron chi connectivity index (χ0n) is 35.3. The van der Waals surface area contributed by atoms with Gasteiger partial charge in [-0.2, -0.15) is 0 Å². The van der Waals surface area contributed by atoms with Gasteiger partial charge in [-0.3, -0.25) is 19.5 Å². The number of aliphatic hydroxyl groups excluding tert-OH is 1. The number of nitrogens with one attached hydrogen (secondary N) is 2. The summed E-state index contributed by atoms with van der Waals surface area (Å²) in [5.41, 5.74) is 3.08. The van der Waals surface area contributed by atoms with Gasteiger partial charge in [0.15, 0.2) is 0 Å². The first-order valence-corrected chi connectivity index (χ1v) is 20.3. The maximum Gasteiger partial charge on any atom is 0.407 e. The number of carboxylic acid groups (broad SMARTS) is 1. The van der Waals surface area contributed by atoms with E-state index < -0.39 is 53.1 Å². The molecule has 0 saturated carbocycles. The van der Waals surface area contributed by atoms with E-state index in [9.17, 15) is 29.4 Å². The Morgan fingerprint density at radius 2 is 1.34 bits per heavy atom. The number of benzene rings is 3. The molecule has 12 heteroatoms. The van der Waals surface area contributed by atoms with Gasteiger partial charge < -0.3 is 30.6 Å². The van der Waals surface area contributed by atoms with Crippen LogP contribution in [0.25, 0.3) is 11.3 Å². The molecule has 1 saturated heterocycles. The number of carbonyl (C=O) groups is 4. The van der Waals surface area contributed by atoms with Crippen LogP contribution in [-0.2, 0) is 29.0 Å². The normalized spacial score (nSPS) is 15.8. The largest absolute Gasteiger partial charge is 0.465 e. The molecule has 0 radical (unpaired) electrons. The minimum Gasteiger partial charge on any atom is -0.465 e. The van der Waals surface area contributed by atoms with E-state index >= 15 is 0 Å². The molecule has 1 fully saturated rings. The van der Waals surface area contributed by atoms with Crippen LogP contribution >= 0.6 is 0 Å². The maximum absolute atomic E-state index is 14.6. The van der Waals surface area contributed by atoms with Crippen LogP contribution in [0.4, 0.5) is 9.59 Å². The lowest BCUT2D eigenvalue weighted by Gasteiger charge is -2.38. The first kappa shape index (κ1) is 44.4. The molecule has 0 bridgehead atoms. The monoisotopic (exact) mass is 804 g/mol. The number of amides is 5. The van der Waals surface area contributed by atoms with Crippen molar-refractivity contribution in [2.75, 3.05) is 20.1 Å². The summed E-state index contributed by atoms with van der Waals surface area (Å²) < 4.78 is 0. The number of nitrogens with zero attached hydrogens (tertiary/aromatic N) is 4. The number of carbonyl (C=O) groups excluding carboxylic acids is 3. The second-order valence-electron chi connectivity index (χ2n) is 17.7. The molecule has 2 heterocycles. The Hall–Kier alpha value is -5.75. The minimum atomic E-state index is -1.25. The third kappa shape index (κ3) is 11.9. The number of hydrogen-bond acceptors (Lipinski definition) is 6. The highest BCUT2D eigenvalue weighted by atomic mass is 16.4. The maximum atomic E-state index is 14.6. The first-order chi connectivity index (χ1) is 27.9. The average Bonchev–Trinajstić information content (AvgIpc) is 3.52. The zero-order chi connectivity index (χ0) is 42.9. The third-order valence-corrected chi connectivity index (χ3v) is 10.8. The van der Waals surface area contributed by atoms with Crippen molar-refractivity contribution < 1.29 is 29.4 Å². The van der Waals surface area contributed by atoms with Gasteiger partial charge in [0, 0.05) is 44.5 Å². The van der Waals surface area contributed by atoms with Crippen molar-refractivity contribution in [2.45, 2.75) is 97.6 Å². The summed E-state index contributed by atoms with van der Waals surface area (Å²) in [6.45, 7) is 12.5. The SMILES string of the molecule is CN(C(=O)O)[C@H](C(=O)N[C@@H](Cc1ccc(-c2ccccn2)cc1)[C@H](O)C[C@H](Cc1ccccc1)NC(=O)[C@@H](N1CCN(Cc2ccccc2)C1=O)C(C)(C)C)C(C)(C)C. The van der Waals surface area contributed by atoms with E-state index in [0.29, 0.717) is 26.1 Å². The van der Waals surface area contributed by atoms with Crippen LogP contribution in [0.15, 0.2) is 109 Å². The Morgan fingerprint density at radius 3 is 1.90 bits per heavy atom. The Kier molecular flexibility index (Phi) is 14.5. The lowest BCUT2D eigenvalue weighted by molar-refractivity contribution is -0.131. The number of hydrogen-bond donors (Lipinski definition) is 4. The first-order valence-electron chi connectivity index (χ1n) is 20.3. The second kappa shape index (κ2) is 19.3. The van der Waals surface area contributed by atoms with E-state index in [4.69, 9.17) is 0 Å². The van der Waals surface area contributed by atoms with Gasteiger partial charge >= 0.3 is 12.1 Å². The summed E-state index contributed by atoms with van der Waals surface area (Å²) in [5.74, 6) is -0.872. The van der Waals surface area contributed by atoms with Gasteiger partial charge in [0.05, 0.1) is 17.8 Å². The molecule has 5 rings (SSSR count). The van der Waals surface area contributed by atoms with E-state index in [2.05, 4.69) is 15.6 Å². The lowest BCUT2D eigenvalue weighted by atomic mass is 9.84. The fourth-order valence-corrected chi connectivity index (χ4v) is 8.03. The second-order valence-corrected chi connectivity index (χ2v) is 17.7. The van der Waals surface area contributed by atoms with Crippen molar-refractivity contribution >= 4 is 23.9 Å². The molecule has 0 spiro atoms. The molecule has 1 aliphatic rings. The molecule has 3 aromatic carbocycles. The quantitative estimate of drug-likeness (QED) is 0.0991. The van der Waals surface area contributed by atoms with E-state index in [1.54, 1.807) is 36.8 Å². The van der Waals surface area contributed by atoms with E-state index in [1.165, 1.54) is 7.05 Å². The van der Waals surface area contributed by atoms with Gasteiger partial charge in [-0.05, 0) is 58.9 Å². The van der Waals surface area contributed by atoms with Crippen LogP contribution in [0.1, 0.15) is 64.7 Å². The van der Waals surface area contributed by atoms with Crippen LogP contribution in [0, 0.1) is 10.8 Å². The molecule has 1 aliphatic heterocycles. The fourth-order valence-electron chi connectivity index (χ4n) is 8.03. The molecule has 4 aromatic rings. The molecule has 0 unspecified atom stereocenters. The van der Waals surface area contributed by atoms with Gasteiger partial charge in [-0.25, -0.2) is 9.59 Å². The van der Waals surface area contributed by atoms with Gasteiger partial charge in [0.25, 0.3) is 0 Å². The number of rotatable bonds is 16. The topological polar surface area (TPSA) is 155 Å². The van der Waals surface area contributed by atoms with E-state index in [-0.39, 0.29) is 24.8 Å². The summed E-state index contributed by atoms with van der Waals surface area (Å²) >= 11 is 0. The molecule has 0 aliphatic carbocycles. The summed E-state index contributed by atoms with van der Waals surface area (Å²) in [6, 6.07) is 29.3. The summed E-state index contributed by atoms with van der Waals surface area (Å²) in [4.78, 5) is 63.5. The molecular formula is C47H60N6O6. The van der Waals surface area contributed by atoms with Crippen molar-refractivity contribution in [2.24, 2.45) is 10.8 Å². The number of likely N-dealkylation sites (N-methyl/N-ethyl adjacent to an activating group) is 1. The standard InChI is InChI=1S/C47H60N6O6/c1-46(2,3)40(51(7)45(58)59)42(55)50-38(29-33-21-23-35(24-22-33)37-20-14-15-25-48-37)39(54)30-36(28-32-16-10-8-11-17-32)49-43(56)41(47(4,5)6)53-27-26-52(44(53)57)31-34-18-12-9-13-19-34/h8-25,36,38-41,54H,26-31H2,1-7H3,(H,49,56)(H,50,55)(H,58,59)/t36-,38-,39+,40+,41+/m0/s1. The van der Waals surface area contributed by atoms with Crippen molar-refractivity contribution in [1.82, 2.24) is 30.3 Å². The molecule has 314 valence electrons. The van der Waals surface area contributed by atoms with Gasteiger partial charge in [-0.1, -0.05) is 133 Å². The van der Waals surface area contributed by atoms with Crippen molar-refractivity contribution in [3.63, 3.8) is 0 Å². The highest BCUT2D eigenvalue weighted by Gasteiger charge is 2.44. The molecule has 12 nitrogen and oxygen atoms in total. The lowest BCUT2D eigenvalue weighted by Crippen LogP contribution is -2.59. The van der Waals surface area contributed by atoms with Crippen LogP contribution in [0.2, 0.25) is 0 Å².